The van der Waals surface area contributed by atoms with Gasteiger partial charge in [0, 0.05) is 35.8 Å². The van der Waals surface area contributed by atoms with E-state index in [0.29, 0.717) is 18.7 Å². The third-order valence-electron chi connectivity index (χ3n) is 5.38. The maximum Gasteiger partial charge on any atom is 0.324 e. The fraction of sp³-hybridized carbons (Fsp3) is 0.261. The number of nitrogens with zero attached hydrogens (tertiary/aromatic N) is 1. The molecule has 7 nitrogen and oxygen atoms in total. The van der Waals surface area contributed by atoms with Gasteiger partial charge in [-0.05, 0) is 43.5 Å². The summed E-state index contributed by atoms with van der Waals surface area (Å²) in [5, 5.41) is 6.60. The van der Waals surface area contributed by atoms with Crippen molar-refractivity contribution in [3.8, 4) is 0 Å². The number of benzene rings is 2. The van der Waals surface area contributed by atoms with Crippen LogP contribution in [-0.2, 0) is 16.0 Å². The van der Waals surface area contributed by atoms with Crippen LogP contribution in [0.3, 0.4) is 0 Å². The van der Waals surface area contributed by atoms with E-state index in [0.717, 1.165) is 22.0 Å². The van der Waals surface area contributed by atoms with Crippen molar-refractivity contribution in [1.82, 2.24) is 15.2 Å². The van der Waals surface area contributed by atoms with Crippen LogP contribution in [0.5, 0.6) is 0 Å². The number of hydrogen-bond donors (Lipinski definition) is 3. The molecule has 0 aliphatic carbocycles. The Balaban J connectivity index is 1.30. The second-order valence-electron chi connectivity index (χ2n) is 7.55. The first-order chi connectivity index (χ1) is 14.5. The minimum atomic E-state index is -0.663. The Kier molecular flexibility index (Phi) is 5.52. The highest BCUT2D eigenvalue weighted by Gasteiger charge is 2.37. The lowest BCUT2D eigenvalue weighted by Crippen LogP contribution is -2.33. The number of rotatable bonds is 7. The molecule has 7 heteroatoms. The molecule has 154 valence electrons. The topological polar surface area (TPSA) is 94.3 Å². The van der Waals surface area contributed by atoms with E-state index in [1.165, 1.54) is 4.90 Å². The highest BCUT2D eigenvalue weighted by atomic mass is 16.2. The van der Waals surface area contributed by atoms with E-state index in [1.54, 1.807) is 0 Å². The lowest BCUT2D eigenvalue weighted by atomic mass is 10.1. The van der Waals surface area contributed by atoms with Crippen molar-refractivity contribution in [2.24, 2.45) is 0 Å². The van der Waals surface area contributed by atoms with Gasteiger partial charge >= 0.3 is 6.03 Å². The number of imide groups is 1. The summed E-state index contributed by atoms with van der Waals surface area (Å²) in [5.74, 6) is -0.457. The minimum absolute atomic E-state index is 0.154. The van der Waals surface area contributed by atoms with Gasteiger partial charge in [-0.25, -0.2) is 4.79 Å². The smallest absolute Gasteiger partial charge is 0.324 e. The van der Waals surface area contributed by atoms with Gasteiger partial charge in [0.15, 0.2) is 0 Å². The molecule has 4 amide bonds. The molecule has 0 bridgehead atoms. The molecule has 1 atom stereocenters. The lowest BCUT2D eigenvalue weighted by molar-refractivity contribution is -0.127. The predicted octanol–water partition coefficient (Wildman–Crippen LogP) is 3.36. The molecule has 2 aromatic carbocycles. The Morgan fingerprint density at radius 1 is 1.10 bits per heavy atom. The van der Waals surface area contributed by atoms with Gasteiger partial charge in [0.05, 0.1) is 0 Å². The maximum absolute atomic E-state index is 12.7. The van der Waals surface area contributed by atoms with Crippen molar-refractivity contribution in [2.75, 3.05) is 11.9 Å². The van der Waals surface area contributed by atoms with E-state index in [1.807, 2.05) is 61.7 Å². The number of hydrogen-bond acceptors (Lipinski definition) is 3. The molecule has 0 saturated carbocycles. The molecule has 0 radical (unpaired) electrons. The van der Waals surface area contributed by atoms with Crippen molar-refractivity contribution in [3.63, 3.8) is 0 Å². The minimum Gasteiger partial charge on any atom is -0.361 e. The van der Waals surface area contributed by atoms with Crippen LogP contribution in [0, 0.1) is 6.92 Å². The van der Waals surface area contributed by atoms with E-state index in [-0.39, 0.29) is 24.7 Å². The van der Waals surface area contributed by atoms with Gasteiger partial charge < -0.3 is 15.6 Å². The standard InChI is InChI=1S/C23H24N4O3/c1-15-6-8-17(9-7-15)25-21(28)11-10-20-22(29)27(23(30)26-20)13-12-16-14-24-19-5-3-2-4-18(16)19/h2-9,14,20,24H,10-13H2,1H3,(H,25,28)(H,26,30)/t20-/m0/s1. The average Bonchev–Trinajstić information content (AvgIpc) is 3.27. The fourth-order valence-corrected chi connectivity index (χ4v) is 3.69. The molecule has 1 aromatic heterocycles. The molecule has 1 saturated heterocycles. The van der Waals surface area contributed by atoms with Gasteiger partial charge in [0.2, 0.25) is 5.91 Å². The summed E-state index contributed by atoms with van der Waals surface area (Å²) in [6.07, 6.45) is 2.91. The van der Waals surface area contributed by atoms with Gasteiger partial charge in [-0.1, -0.05) is 35.9 Å². The van der Waals surface area contributed by atoms with Gasteiger partial charge in [-0.15, -0.1) is 0 Å². The summed E-state index contributed by atoms with van der Waals surface area (Å²) < 4.78 is 0. The molecule has 2 heterocycles. The summed E-state index contributed by atoms with van der Waals surface area (Å²) in [4.78, 5) is 41.5. The molecule has 1 aliphatic heterocycles. The quantitative estimate of drug-likeness (QED) is 0.527. The van der Waals surface area contributed by atoms with E-state index in [9.17, 15) is 14.4 Å². The number of amides is 4. The van der Waals surface area contributed by atoms with Gasteiger partial charge in [0.1, 0.15) is 6.04 Å². The van der Waals surface area contributed by atoms with Crippen LogP contribution >= 0.6 is 0 Å². The molecule has 30 heavy (non-hydrogen) atoms. The zero-order valence-corrected chi connectivity index (χ0v) is 16.8. The van der Waals surface area contributed by atoms with Crippen LogP contribution in [0.2, 0.25) is 0 Å². The Hall–Kier alpha value is -3.61. The van der Waals surface area contributed by atoms with E-state index in [2.05, 4.69) is 15.6 Å². The van der Waals surface area contributed by atoms with E-state index in [4.69, 9.17) is 0 Å². The number of carbonyl (C=O) groups is 3. The number of aryl methyl sites for hydroxylation is 1. The molecule has 1 fully saturated rings. The molecule has 0 spiro atoms. The van der Waals surface area contributed by atoms with Crippen LogP contribution in [0.15, 0.2) is 54.7 Å². The third kappa shape index (κ3) is 4.20. The van der Waals surface area contributed by atoms with Crippen molar-refractivity contribution in [1.29, 1.82) is 0 Å². The van der Waals surface area contributed by atoms with Crippen LogP contribution in [0.25, 0.3) is 10.9 Å². The number of H-pyrrole nitrogens is 1. The van der Waals surface area contributed by atoms with Crippen LogP contribution in [0.1, 0.15) is 24.0 Å². The highest BCUT2D eigenvalue weighted by molar-refractivity contribution is 6.04. The van der Waals surface area contributed by atoms with E-state index < -0.39 is 12.1 Å². The van der Waals surface area contributed by atoms with Crippen molar-refractivity contribution < 1.29 is 14.4 Å². The van der Waals surface area contributed by atoms with Gasteiger partial charge in [0.25, 0.3) is 5.91 Å². The molecular weight excluding hydrogens is 380 g/mol. The summed E-state index contributed by atoms with van der Waals surface area (Å²) in [7, 11) is 0. The Bertz CT molecular complexity index is 1090. The van der Waals surface area contributed by atoms with Crippen molar-refractivity contribution in [2.45, 2.75) is 32.2 Å². The Labute approximate surface area is 174 Å². The van der Waals surface area contributed by atoms with E-state index >= 15 is 0 Å². The normalized spacial score (nSPS) is 16.2. The molecule has 4 rings (SSSR count). The Morgan fingerprint density at radius 3 is 2.67 bits per heavy atom. The molecule has 1 aliphatic rings. The number of carbonyl (C=O) groups excluding carboxylic acids is 3. The first-order valence-corrected chi connectivity index (χ1v) is 10.0. The number of aromatic nitrogens is 1. The highest BCUT2D eigenvalue weighted by Crippen LogP contribution is 2.20. The Morgan fingerprint density at radius 2 is 1.87 bits per heavy atom. The number of anilines is 1. The fourth-order valence-electron chi connectivity index (χ4n) is 3.69. The van der Waals surface area contributed by atoms with Gasteiger partial charge in [-0.2, -0.15) is 0 Å². The van der Waals surface area contributed by atoms with Crippen LogP contribution in [-0.4, -0.2) is 40.3 Å². The molecule has 3 N–H and O–H groups in total. The molecular formula is C23H24N4O3. The SMILES string of the molecule is Cc1ccc(NC(=O)CC[C@@H]2NC(=O)N(CCc3c[nH]c4ccccc34)C2=O)cc1. The van der Waals surface area contributed by atoms with Crippen LogP contribution < -0.4 is 10.6 Å². The zero-order chi connectivity index (χ0) is 21.1. The third-order valence-corrected chi connectivity index (χ3v) is 5.38. The first-order valence-electron chi connectivity index (χ1n) is 10.0. The number of para-hydroxylation sites is 1. The van der Waals surface area contributed by atoms with Gasteiger partial charge in [-0.3, -0.25) is 14.5 Å². The first kappa shape index (κ1) is 19.7. The largest absolute Gasteiger partial charge is 0.361 e. The number of fused-ring (bicyclic) bond motifs is 1. The number of aromatic amines is 1. The number of urea groups is 1. The summed E-state index contributed by atoms with van der Waals surface area (Å²) in [6, 6.07) is 14.4. The van der Waals surface area contributed by atoms with Crippen molar-refractivity contribution in [3.05, 3.63) is 65.9 Å². The summed E-state index contributed by atoms with van der Waals surface area (Å²) in [5.41, 5.74) is 3.92. The second kappa shape index (κ2) is 8.41. The predicted molar refractivity (Wildman–Crippen MR) is 115 cm³/mol. The zero-order valence-electron chi connectivity index (χ0n) is 16.8. The average molecular weight is 404 g/mol. The summed E-state index contributed by atoms with van der Waals surface area (Å²) >= 11 is 0. The second-order valence-corrected chi connectivity index (χ2v) is 7.55. The molecule has 3 aromatic rings. The monoisotopic (exact) mass is 404 g/mol. The lowest BCUT2D eigenvalue weighted by Gasteiger charge is -2.12. The number of nitrogens with one attached hydrogen (secondary N) is 3. The maximum atomic E-state index is 12.7. The molecule has 0 unspecified atom stereocenters. The van der Waals surface area contributed by atoms with Crippen LogP contribution in [0.4, 0.5) is 10.5 Å². The van der Waals surface area contributed by atoms with Crippen molar-refractivity contribution >= 4 is 34.4 Å². The summed E-state index contributed by atoms with van der Waals surface area (Å²) in [6.45, 7) is 2.28.